The van der Waals surface area contributed by atoms with E-state index in [1.54, 1.807) is 6.26 Å². The molecule has 3 heteroatoms. The maximum absolute atomic E-state index is 5.88. The van der Waals surface area contributed by atoms with Crippen LogP contribution in [0.2, 0.25) is 0 Å². The number of nitrogens with one attached hydrogen (secondary N) is 1. The summed E-state index contributed by atoms with van der Waals surface area (Å²) in [5, 5.41) is 3.58. The summed E-state index contributed by atoms with van der Waals surface area (Å²) in [5.74, 6) is 1.06. The Labute approximate surface area is 91.0 Å². The topological polar surface area (TPSA) is 51.2 Å². The van der Waals surface area contributed by atoms with E-state index in [9.17, 15) is 0 Å². The van der Waals surface area contributed by atoms with Gasteiger partial charge >= 0.3 is 0 Å². The van der Waals surface area contributed by atoms with Crippen molar-refractivity contribution in [2.45, 2.75) is 37.6 Å². The van der Waals surface area contributed by atoms with Crippen molar-refractivity contribution < 1.29 is 4.42 Å². The van der Waals surface area contributed by atoms with Crippen LogP contribution in [0.5, 0.6) is 0 Å². The van der Waals surface area contributed by atoms with Crippen molar-refractivity contribution in [3.63, 3.8) is 0 Å². The second-order valence-electron chi connectivity index (χ2n) is 4.45. The van der Waals surface area contributed by atoms with Crippen LogP contribution in [0.25, 0.3) is 0 Å². The van der Waals surface area contributed by atoms with E-state index in [1.165, 1.54) is 19.3 Å². The Hall–Kier alpha value is -0.800. The summed E-state index contributed by atoms with van der Waals surface area (Å²) in [4.78, 5) is 0. The fourth-order valence-corrected chi connectivity index (χ4v) is 2.34. The largest absolute Gasteiger partial charge is 0.469 e. The molecule has 0 aliphatic carbocycles. The van der Waals surface area contributed by atoms with Crippen LogP contribution in [-0.4, -0.2) is 18.6 Å². The number of furan rings is 1. The first-order chi connectivity index (χ1) is 7.35. The molecule has 1 aliphatic heterocycles. The summed E-state index contributed by atoms with van der Waals surface area (Å²) in [6.07, 6.45) is 7.57. The van der Waals surface area contributed by atoms with Gasteiger partial charge in [0.25, 0.3) is 0 Å². The van der Waals surface area contributed by atoms with E-state index in [1.807, 2.05) is 12.1 Å². The minimum atomic E-state index is 0.158. The van der Waals surface area contributed by atoms with Crippen LogP contribution in [0.4, 0.5) is 0 Å². The van der Waals surface area contributed by atoms with Gasteiger partial charge in [0.1, 0.15) is 5.76 Å². The molecule has 3 N–H and O–H groups in total. The molecule has 0 amide bonds. The van der Waals surface area contributed by atoms with Gasteiger partial charge in [-0.3, -0.25) is 0 Å². The Morgan fingerprint density at radius 2 is 2.40 bits per heavy atom. The standard InChI is InChI=1S/C12H20N2O/c13-10-12(6-1-2-8-14-12)7-5-11-4-3-9-15-11/h3-4,9,14H,1-2,5-8,10,13H2. The van der Waals surface area contributed by atoms with Crippen molar-refractivity contribution in [2.24, 2.45) is 5.73 Å². The SMILES string of the molecule is NCC1(CCc2ccco2)CCCCN1. The molecule has 2 heterocycles. The van der Waals surface area contributed by atoms with Gasteiger partial charge in [0.2, 0.25) is 0 Å². The van der Waals surface area contributed by atoms with Crippen LogP contribution in [0.3, 0.4) is 0 Å². The van der Waals surface area contributed by atoms with Gasteiger partial charge in [0.15, 0.2) is 0 Å². The lowest BCUT2D eigenvalue weighted by atomic mass is 9.84. The number of aryl methyl sites for hydroxylation is 1. The minimum absolute atomic E-state index is 0.158. The van der Waals surface area contributed by atoms with E-state index >= 15 is 0 Å². The molecular weight excluding hydrogens is 188 g/mol. The lowest BCUT2D eigenvalue weighted by Crippen LogP contribution is -2.54. The van der Waals surface area contributed by atoms with Crippen LogP contribution in [-0.2, 0) is 6.42 Å². The Bertz CT molecular complexity index is 276. The summed E-state index contributed by atoms with van der Waals surface area (Å²) in [5.41, 5.74) is 6.04. The predicted octanol–water partition coefficient (Wildman–Crippen LogP) is 1.68. The molecule has 3 nitrogen and oxygen atoms in total. The van der Waals surface area contributed by atoms with E-state index in [4.69, 9.17) is 10.2 Å². The fraction of sp³-hybridized carbons (Fsp3) is 0.667. The van der Waals surface area contributed by atoms with Crippen LogP contribution < -0.4 is 11.1 Å². The highest BCUT2D eigenvalue weighted by atomic mass is 16.3. The average Bonchev–Trinajstić information content (AvgIpc) is 2.81. The van der Waals surface area contributed by atoms with Crippen molar-refractivity contribution in [3.8, 4) is 0 Å². The maximum Gasteiger partial charge on any atom is 0.103 e. The summed E-state index contributed by atoms with van der Waals surface area (Å²) in [6, 6.07) is 3.98. The lowest BCUT2D eigenvalue weighted by Gasteiger charge is -2.37. The zero-order valence-electron chi connectivity index (χ0n) is 9.17. The highest BCUT2D eigenvalue weighted by Gasteiger charge is 2.29. The van der Waals surface area contributed by atoms with Crippen LogP contribution in [0.15, 0.2) is 22.8 Å². The van der Waals surface area contributed by atoms with Crippen molar-refractivity contribution in [1.29, 1.82) is 0 Å². The van der Waals surface area contributed by atoms with Gasteiger partial charge in [-0.25, -0.2) is 0 Å². The zero-order chi connectivity index (χ0) is 10.6. The van der Waals surface area contributed by atoms with E-state index in [-0.39, 0.29) is 5.54 Å². The van der Waals surface area contributed by atoms with Crippen LogP contribution in [0, 0.1) is 0 Å². The summed E-state index contributed by atoms with van der Waals surface area (Å²) in [7, 11) is 0. The minimum Gasteiger partial charge on any atom is -0.469 e. The molecule has 1 fully saturated rings. The van der Waals surface area contributed by atoms with E-state index in [0.717, 1.165) is 31.7 Å². The van der Waals surface area contributed by atoms with Gasteiger partial charge in [-0.15, -0.1) is 0 Å². The second kappa shape index (κ2) is 4.81. The van der Waals surface area contributed by atoms with E-state index in [2.05, 4.69) is 5.32 Å². The smallest absolute Gasteiger partial charge is 0.103 e. The predicted molar refractivity (Wildman–Crippen MR) is 60.7 cm³/mol. The number of piperidine rings is 1. The van der Waals surface area contributed by atoms with Crippen molar-refractivity contribution in [3.05, 3.63) is 24.2 Å². The molecule has 1 aliphatic rings. The Morgan fingerprint density at radius 3 is 3.00 bits per heavy atom. The highest BCUT2D eigenvalue weighted by molar-refractivity contribution is 5.01. The van der Waals surface area contributed by atoms with Gasteiger partial charge in [0.05, 0.1) is 6.26 Å². The molecule has 1 aromatic heterocycles. The molecule has 1 unspecified atom stereocenters. The third-order valence-corrected chi connectivity index (χ3v) is 3.40. The maximum atomic E-state index is 5.88. The Balaban J connectivity index is 1.89. The van der Waals surface area contributed by atoms with Crippen LogP contribution in [0.1, 0.15) is 31.4 Å². The van der Waals surface area contributed by atoms with Crippen molar-refractivity contribution in [2.75, 3.05) is 13.1 Å². The number of nitrogens with two attached hydrogens (primary N) is 1. The first-order valence-electron chi connectivity index (χ1n) is 5.82. The summed E-state index contributed by atoms with van der Waals surface area (Å²) in [6.45, 7) is 1.84. The zero-order valence-corrected chi connectivity index (χ0v) is 9.17. The van der Waals surface area contributed by atoms with Crippen molar-refractivity contribution in [1.82, 2.24) is 5.32 Å². The summed E-state index contributed by atoms with van der Waals surface area (Å²) < 4.78 is 5.35. The van der Waals surface area contributed by atoms with E-state index < -0.39 is 0 Å². The molecule has 0 bridgehead atoms. The molecule has 1 atom stereocenters. The Morgan fingerprint density at radius 1 is 1.47 bits per heavy atom. The first kappa shape index (κ1) is 10.7. The Kier molecular flexibility index (Phi) is 3.44. The molecule has 15 heavy (non-hydrogen) atoms. The number of rotatable bonds is 4. The molecule has 1 aromatic rings. The van der Waals surface area contributed by atoms with Gasteiger partial charge < -0.3 is 15.5 Å². The van der Waals surface area contributed by atoms with Gasteiger partial charge in [-0.1, -0.05) is 6.42 Å². The van der Waals surface area contributed by atoms with Crippen molar-refractivity contribution >= 4 is 0 Å². The number of hydrogen-bond donors (Lipinski definition) is 2. The molecule has 0 saturated carbocycles. The lowest BCUT2D eigenvalue weighted by molar-refractivity contribution is 0.240. The average molecular weight is 208 g/mol. The van der Waals surface area contributed by atoms with Gasteiger partial charge in [-0.05, 0) is 37.9 Å². The third kappa shape index (κ3) is 2.61. The molecular formula is C12H20N2O. The van der Waals surface area contributed by atoms with Gasteiger partial charge in [-0.2, -0.15) is 0 Å². The highest BCUT2D eigenvalue weighted by Crippen LogP contribution is 2.23. The summed E-state index contributed by atoms with van der Waals surface area (Å²) >= 11 is 0. The molecule has 0 aromatic carbocycles. The van der Waals surface area contributed by atoms with Gasteiger partial charge in [0, 0.05) is 18.5 Å². The first-order valence-corrected chi connectivity index (χ1v) is 5.82. The second-order valence-corrected chi connectivity index (χ2v) is 4.45. The third-order valence-electron chi connectivity index (χ3n) is 3.40. The fourth-order valence-electron chi connectivity index (χ4n) is 2.34. The quantitative estimate of drug-likeness (QED) is 0.791. The molecule has 84 valence electrons. The molecule has 0 spiro atoms. The van der Waals surface area contributed by atoms with E-state index in [0.29, 0.717) is 0 Å². The number of hydrogen-bond acceptors (Lipinski definition) is 3. The molecule has 2 rings (SSSR count). The normalized spacial score (nSPS) is 26.7. The molecule has 0 radical (unpaired) electrons. The molecule has 1 saturated heterocycles. The van der Waals surface area contributed by atoms with Crippen LogP contribution >= 0.6 is 0 Å². The monoisotopic (exact) mass is 208 g/mol.